The molecule has 4 atom stereocenters. The first-order valence-corrected chi connectivity index (χ1v) is 17.3. The summed E-state index contributed by atoms with van der Waals surface area (Å²) in [5.41, 5.74) is 2.87. The van der Waals surface area contributed by atoms with E-state index in [1.807, 2.05) is 121 Å². The van der Waals surface area contributed by atoms with Gasteiger partial charge < -0.3 is 28.4 Å². The van der Waals surface area contributed by atoms with E-state index >= 15 is 0 Å². The highest BCUT2D eigenvalue weighted by atomic mass is 16.6. The molecular weight excluding hydrogens is 644 g/mol. The van der Waals surface area contributed by atoms with E-state index in [1.54, 1.807) is 26.8 Å². The van der Waals surface area contributed by atoms with Gasteiger partial charge in [0.15, 0.2) is 5.78 Å². The number of hydrogen-bond donors (Lipinski definition) is 0. The molecule has 4 aromatic rings. The van der Waals surface area contributed by atoms with Gasteiger partial charge in [-0.15, -0.1) is 6.58 Å². The van der Waals surface area contributed by atoms with Gasteiger partial charge in [-0.3, -0.25) is 9.59 Å². The molecule has 0 N–H and O–H groups in total. The Morgan fingerprint density at radius 3 is 1.49 bits per heavy atom. The maximum Gasteiger partial charge on any atom is 0.313 e. The Morgan fingerprint density at radius 2 is 1.04 bits per heavy atom. The summed E-state index contributed by atoms with van der Waals surface area (Å²) in [6.07, 6.45) is -2.78. The predicted molar refractivity (Wildman–Crippen MR) is 197 cm³/mol. The third-order valence-corrected chi connectivity index (χ3v) is 7.71. The molecule has 0 fully saturated rings. The van der Waals surface area contributed by atoms with Crippen LogP contribution in [-0.2, 0) is 64.4 Å². The van der Waals surface area contributed by atoms with Gasteiger partial charge in [0.05, 0.1) is 39.6 Å². The van der Waals surface area contributed by atoms with E-state index in [1.165, 1.54) is 0 Å². The standard InChI is InChI=1S/C43H50O8/c1-5-26-47-38(32-46-28-33-18-10-6-11-19-33)41(49-30-35-22-14-8-15-23-35)42(50-31-36-24-16-9-17-25-36)40(48-29-34-20-12-7-13-21-34)37(44)27-39(45)51-43(2,3)4/h5-25,38,40-42H,1,26-32H2,2-4H3/t38-,40+,41+,42-/m1/s1. The van der Waals surface area contributed by atoms with Crippen molar-refractivity contribution in [1.82, 2.24) is 0 Å². The van der Waals surface area contributed by atoms with Gasteiger partial charge in [-0.2, -0.15) is 0 Å². The molecule has 0 radical (unpaired) electrons. The summed E-state index contributed by atoms with van der Waals surface area (Å²) >= 11 is 0. The van der Waals surface area contributed by atoms with E-state index in [4.69, 9.17) is 28.4 Å². The van der Waals surface area contributed by atoms with E-state index in [0.717, 1.165) is 22.3 Å². The van der Waals surface area contributed by atoms with Gasteiger partial charge in [0.25, 0.3) is 0 Å². The first kappa shape index (κ1) is 39.3. The maximum absolute atomic E-state index is 14.3. The number of Topliss-reactive ketones (excluding diaryl/α,β-unsaturated/α-hetero) is 1. The monoisotopic (exact) mass is 694 g/mol. The van der Waals surface area contributed by atoms with Crippen LogP contribution in [0.2, 0.25) is 0 Å². The minimum atomic E-state index is -1.24. The number of carbonyl (C=O) groups is 2. The van der Waals surface area contributed by atoms with Crippen molar-refractivity contribution in [2.75, 3.05) is 13.2 Å². The second-order valence-corrected chi connectivity index (χ2v) is 13.1. The molecule has 0 aliphatic rings. The number of rotatable bonds is 22. The summed E-state index contributed by atoms with van der Waals surface area (Å²) in [5, 5.41) is 0. The van der Waals surface area contributed by atoms with Gasteiger partial charge in [0.1, 0.15) is 36.4 Å². The van der Waals surface area contributed by atoms with Gasteiger partial charge >= 0.3 is 5.97 Å². The van der Waals surface area contributed by atoms with Gasteiger partial charge in [-0.25, -0.2) is 0 Å². The van der Waals surface area contributed by atoms with Gasteiger partial charge in [0, 0.05) is 0 Å². The average molecular weight is 695 g/mol. The van der Waals surface area contributed by atoms with Crippen molar-refractivity contribution < 1.29 is 38.0 Å². The maximum atomic E-state index is 14.3. The summed E-state index contributed by atoms with van der Waals surface area (Å²) in [7, 11) is 0. The highest BCUT2D eigenvalue weighted by Crippen LogP contribution is 2.25. The molecule has 0 bridgehead atoms. The fraction of sp³-hybridized carbons (Fsp3) is 0.349. The summed E-state index contributed by atoms with van der Waals surface area (Å²) in [6.45, 7) is 10.2. The number of ether oxygens (including phenoxy) is 6. The van der Waals surface area contributed by atoms with E-state index in [9.17, 15) is 9.59 Å². The minimum absolute atomic E-state index is 0.0882. The third kappa shape index (κ3) is 14.4. The normalized spacial score (nSPS) is 13.9. The number of benzene rings is 4. The Kier molecular flexibility index (Phi) is 16.2. The minimum Gasteiger partial charge on any atom is -0.460 e. The van der Waals surface area contributed by atoms with Crippen LogP contribution in [0.4, 0.5) is 0 Å². The SMILES string of the molecule is C=CCO[C@H](COCc1ccccc1)[C@H](OCc1ccccc1)[C@H](OCc1ccccc1)[C@@H](OCc1ccccc1)C(=O)CC(=O)OC(C)(C)C. The molecule has 0 saturated carbocycles. The lowest BCUT2D eigenvalue weighted by Crippen LogP contribution is -2.53. The quantitative estimate of drug-likeness (QED) is 0.0467. The number of hydrogen-bond acceptors (Lipinski definition) is 8. The van der Waals surface area contributed by atoms with Crippen molar-refractivity contribution >= 4 is 11.8 Å². The van der Waals surface area contributed by atoms with E-state index in [-0.39, 0.29) is 33.0 Å². The average Bonchev–Trinajstić information content (AvgIpc) is 3.13. The largest absolute Gasteiger partial charge is 0.460 e. The van der Waals surface area contributed by atoms with Gasteiger partial charge in [0.2, 0.25) is 0 Å². The van der Waals surface area contributed by atoms with E-state index < -0.39 is 48.2 Å². The zero-order chi connectivity index (χ0) is 36.3. The second kappa shape index (κ2) is 21.0. The number of ketones is 1. The first-order chi connectivity index (χ1) is 24.7. The highest BCUT2D eigenvalue weighted by Gasteiger charge is 2.42. The lowest BCUT2D eigenvalue weighted by molar-refractivity contribution is -0.198. The molecule has 51 heavy (non-hydrogen) atoms. The van der Waals surface area contributed by atoms with E-state index in [2.05, 4.69) is 6.58 Å². The summed E-state index contributed by atoms with van der Waals surface area (Å²) in [6, 6.07) is 38.7. The van der Waals surface area contributed by atoms with Crippen LogP contribution in [0.15, 0.2) is 134 Å². The summed E-state index contributed by atoms with van der Waals surface area (Å²) in [4.78, 5) is 27.3. The molecule has 4 aromatic carbocycles. The smallest absolute Gasteiger partial charge is 0.313 e. The Bertz CT molecular complexity index is 1570. The van der Waals surface area contributed by atoms with Crippen LogP contribution in [-0.4, -0.2) is 55.0 Å². The summed E-state index contributed by atoms with van der Waals surface area (Å²) in [5.74, 6) is -1.16. The molecule has 8 nitrogen and oxygen atoms in total. The Hall–Kier alpha value is -4.44. The molecule has 0 unspecified atom stereocenters. The fourth-order valence-corrected chi connectivity index (χ4v) is 5.35. The van der Waals surface area contributed by atoms with Crippen LogP contribution >= 0.6 is 0 Å². The lowest BCUT2D eigenvalue weighted by atomic mass is 9.97. The van der Waals surface area contributed by atoms with Crippen molar-refractivity contribution in [2.45, 2.75) is 83.6 Å². The molecule has 0 aromatic heterocycles. The second-order valence-electron chi connectivity index (χ2n) is 13.1. The highest BCUT2D eigenvalue weighted by molar-refractivity contribution is 5.98. The Morgan fingerprint density at radius 1 is 0.608 bits per heavy atom. The van der Waals surface area contributed by atoms with Crippen LogP contribution in [0, 0.1) is 0 Å². The molecule has 0 saturated heterocycles. The van der Waals surface area contributed by atoms with Gasteiger partial charge in [-0.05, 0) is 43.0 Å². The van der Waals surface area contributed by atoms with Crippen molar-refractivity contribution in [3.63, 3.8) is 0 Å². The fourth-order valence-electron chi connectivity index (χ4n) is 5.35. The number of esters is 1. The lowest BCUT2D eigenvalue weighted by Gasteiger charge is -2.37. The predicted octanol–water partition coefficient (Wildman–Crippen LogP) is 7.83. The molecule has 0 aliphatic heterocycles. The van der Waals surface area contributed by atoms with Gasteiger partial charge in [-0.1, -0.05) is 127 Å². The Balaban J connectivity index is 1.74. The van der Waals surface area contributed by atoms with Crippen molar-refractivity contribution in [1.29, 1.82) is 0 Å². The third-order valence-electron chi connectivity index (χ3n) is 7.71. The first-order valence-electron chi connectivity index (χ1n) is 17.3. The van der Waals surface area contributed by atoms with Crippen molar-refractivity contribution in [3.8, 4) is 0 Å². The number of carbonyl (C=O) groups excluding carboxylic acids is 2. The van der Waals surface area contributed by atoms with Crippen LogP contribution in [0.3, 0.4) is 0 Å². The van der Waals surface area contributed by atoms with Crippen molar-refractivity contribution in [2.24, 2.45) is 0 Å². The molecule has 270 valence electrons. The van der Waals surface area contributed by atoms with Crippen LogP contribution in [0.1, 0.15) is 49.4 Å². The van der Waals surface area contributed by atoms with Crippen LogP contribution < -0.4 is 0 Å². The topological polar surface area (TPSA) is 89.5 Å². The van der Waals surface area contributed by atoms with Crippen LogP contribution in [0.5, 0.6) is 0 Å². The Labute approximate surface area is 302 Å². The van der Waals surface area contributed by atoms with Crippen LogP contribution in [0.25, 0.3) is 0 Å². The zero-order valence-corrected chi connectivity index (χ0v) is 29.9. The molecule has 0 aliphatic carbocycles. The zero-order valence-electron chi connectivity index (χ0n) is 29.9. The molecule has 8 heteroatoms. The summed E-state index contributed by atoms with van der Waals surface area (Å²) < 4.78 is 37.9. The molecule has 0 amide bonds. The molecular formula is C43H50O8. The van der Waals surface area contributed by atoms with Crippen molar-refractivity contribution in [3.05, 3.63) is 156 Å². The molecule has 0 spiro atoms. The van der Waals surface area contributed by atoms with E-state index in [0.29, 0.717) is 6.61 Å². The molecule has 0 heterocycles. The molecule has 4 rings (SSSR count).